The lowest BCUT2D eigenvalue weighted by atomic mass is 9.89. The molecule has 1 atom stereocenters. The summed E-state index contributed by atoms with van der Waals surface area (Å²) >= 11 is 0. The van der Waals surface area contributed by atoms with E-state index in [1.807, 2.05) is 0 Å². The molecule has 72 valence electrons. The molecule has 1 heterocycles. The topological polar surface area (TPSA) is 4.93 Å². The quantitative estimate of drug-likeness (QED) is 0.621. The van der Waals surface area contributed by atoms with Crippen molar-refractivity contribution in [3.63, 3.8) is 0 Å². The van der Waals surface area contributed by atoms with Gasteiger partial charge in [0.25, 0.3) is 0 Å². The fourth-order valence-corrected chi connectivity index (χ4v) is 2.30. The molecule has 0 aliphatic heterocycles. The van der Waals surface area contributed by atoms with Gasteiger partial charge < -0.3 is 4.57 Å². The predicted octanol–water partition coefficient (Wildman–Crippen LogP) is 3.19. The third-order valence-corrected chi connectivity index (χ3v) is 3.12. The summed E-state index contributed by atoms with van der Waals surface area (Å²) < 4.78 is 2.44. The summed E-state index contributed by atoms with van der Waals surface area (Å²) in [5.41, 5.74) is 3.18. The zero-order valence-corrected chi connectivity index (χ0v) is 8.88. The summed E-state index contributed by atoms with van der Waals surface area (Å²) in [7, 11) is 0. The van der Waals surface area contributed by atoms with Crippen LogP contribution in [0.15, 0.2) is 12.3 Å². The van der Waals surface area contributed by atoms with Crippen molar-refractivity contribution >= 4 is 0 Å². The van der Waals surface area contributed by atoms with Crippen LogP contribution in [0.1, 0.15) is 44.5 Å². The number of hydrogen-bond acceptors (Lipinski definition) is 0. The Kier molecular flexibility index (Phi) is 2.19. The maximum absolute atomic E-state index is 2.44. The maximum Gasteiger partial charge on any atom is 0.0276 e. The van der Waals surface area contributed by atoms with Crippen LogP contribution in [0.5, 0.6) is 0 Å². The number of nitrogens with zero attached hydrogens (tertiary/aromatic N) is 1. The van der Waals surface area contributed by atoms with E-state index in [1.54, 1.807) is 11.3 Å². The molecule has 0 saturated carbocycles. The number of aryl methyl sites for hydroxylation is 1. The lowest BCUT2D eigenvalue weighted by Crippen LogP contribution is -2.15. The summed E-state index contributed by atoms with van der Waals surface area (Å²) in [4.78, 5) is 0. The van der Waals surface area contributed by atoms with Gasteiger partial charge in [-0.2, -0.15) is 0 Å². The van der Waals surface area contributed by atoms with Gasteiger partial charge in [-0.05, 0) is 50.7 Å². The smallest absolute Gasteiger partial charge is 0.0276 e. The number of rotatable bonds is 1. The lowest BCUT2D eigenvalue weighted by Gasteiger charge is -2.22. The highest BCUT2D eigenvalue weighted by Crippen LogP contribution is 2.27. The van der Waals surface area contributed by atoms with Gasteiger partial charge in [-0.15, -0.1) is 0 Å². The Balaban J connectivity index is 2.35. The van der Waals surface area contributed by atoms with Gasteiger partial charge in [-0.25, -0.2) is 0 Å². The van der Waals surface area contributed by atoms with E-state index < -0.39 is 0 Å². The Hall–Kier alpha value is -0.720. The summed E-state index contributed by atoms with van der Waals surface area (Å²) in [5, 5.41) is 0. The average Bonchev–Trinajstić information content (AvgIpc) is 2.46. The van der Waals surface area contributed by atoms with E-state index in [-0.39, 0.29) is 0 Å². The minimum atomic E-state index is 0.619. The fraction of sp³-hybridized carbons (Fsp3) is 0.667. The first-order valence-corrected chi connectivity index (χ1v) is 5.37. The molecule has 1 aliphatic carbocycles. The monoisotopic (exact) mass is 177 g/mol. The van der Waals surface area contributed by atoms with Crippen LogP contribution in [0.2, 0.25) is 0 Å². The lowest BCUT2D eigenvalue weighted by molar-refractivity contribution is 0.463. The van der Waals surface area contributed by atoms with E-state index in [2.05, 4.69) is 37.6 Å². The molecule has 0 radical (unpaired) electrons. The van der Waals surface area contributed by atoms with E-state index in [9.17, 15) is 0 Å². The number of aromatic nitrogens is 1. The highest BCUT2D eigenvalue weighted by molar-refractivity contribution is 5.26. The molecular formula is C12H19N. The standard InChI is InChI=1S/C12H19N/c1-9(2)13-7-6-11-5-4-10(3)8-12(11)13/h6-7,9-10H,4-5,8H2,1-3H3. The van der Waals surface area contributed by atoms with Crippen LogP contribution in [-0.4, -0.2) is 4.57 Å². The Morgan fingerprint density at radius 3 is 2.92 bits per heavy atom. The molecule has 0 amide bonds. The van der Waals surface area contributed by atoms with E-state index in [1.165, 1.54) is 19.3 Å². The van der Waals surface area contributed by atoms with Gasteiger partial charge in [0.2, 0.25) is 0 Å². The molecule has 1 nitrogen and oxygen atoms in total. The second-order valence-electron chi connectivity index (χ2n) is 4.64. The molecule has 0 aromatic carbocycles. The third-order valence-electron chi connectivity index (χ3n) is 3.12. The first kappa shape index (κ1) is 8.86. The Morgan fingerprint density at radius 1 is 1.46 bits per heavy atom. The fourth-order valence-electron chi connectivity index (χ4n) is 2.30. The normalized spacial score (nSPS) is 22.0. The SMILES string of the molecule is CC1CCc2ccn(C(C)C)c2C1. The molecule has 0 saturated heterocycles. The van der Waals surface area contributed by atoms with Crippen molar-refractivity contribution in [1.29, 1.82) is 0 Å². The minimum absolute atomic E-state index is 0.619. The van der Waals surface area contributed by atoms with Crippen molar-refractivity contribution in [1.82, 2.24) is 4.57 Å². The van der Waals surface area contributed by atoms with Gasteiger partial charge in [0, 0.05) is 17.9 Å². The molecule has 1 aromatic heterocycles. The number of hydrogen-bond donors (Lipinski definition) is 0. The van der Waals surface area contributed by atoms with Gasteiger partial charge in [0.15, 0.2) is 0 Å². The summed E-state index contributed by atoms with van der Waals surface area (Å²) in [5.74, 6) is 0.875. The van der Waals surface area contributed by atoms with E-state index in [0.29, 0.717) is 6.04 Å². The van der Waals surface area contributed by atoms with Gasteiger partial charge in [-0.3, -0.25) is 0 Å². The van der Waals surface area contributed by atoms with Gasteiger partial charge >= 0.3 is 0 Å². The van der Waals surface area contributed by atoms with Crippen molar-refractivity contribution in [2.45, 2.75) is 46.1 Å². The first-order valence-electron chi connectivity index (χ1n) is 5.37. The summed E-state index contributed by atoms with van der Waals surface area (Å²) in [6.07, 6.45) is 6.19. The molecule has 0 fully saturated rings. The van der Waals surface area contributed by atoms with Crippen LogP contribution >= 0.6 is 0 Å². The Morgan fingerprint density at radius 2 is 2.23 bits per heavy atom. The van der Waals surface area contributed by atoms with Crippen molar-refractivity contribution in [3.8, 4) is 0 Å². The van der Waals surface area contributed by atoms with Crippen LogP contribution in [-0.2, 0) is 12.8 Å². The van der Waals surface area contributed by atoms with Crippen LogP contribution < -0.4 is 0 Å². The highest BCUT2D eigenvalue weighted by atomic mass is 15.0. The van der Waals surface area contributed by atoms with Crippen molar-refractivity contribution in [3.05, 3.63) is 23.5 Å². The van der Waals surface area contributed by atoms with Crippen molar-refractivity contribution < 1.29 is 0 Å². The Bertz CT molecular complexity index is 296. The van der Waals surface area contributed by atoms with E-state index in [0.717, 1.165) is 5.92 Å². The molecular weight excluding hydrogens is 158 g/mol. The van der Waals surface area contributed by atoms with Crippen molar-refractivity contribution in [2.24, 2.45) is 5.92 Å². The van der Waals surface area contributed by atoms with Crippen LogP contribution in [0.4, 0.5) is 0 Å². The van der Waals surface area contributed by atoms with Crippen molar-refractivity contribution in [2.75, 3.05) is 0 Å². The van der Waals surface area contributed by atoms with Crippen LogP contribution in [0, 0.1) is 5.92 Å². The van der Waals surface area contributed by atoms with Gasteiger partial charge in [0.05, 0.1) is 0 Å². The zero-order chi connectivity index (χ0) is 9.42. The molecule has 1 heteroatoms. The van der Waals surface area contributed by atoms with Gasteiger partial charge in [-0.1, -0.05) is 6.92 Å². The number of fused-ring (bicyclic) bond motifs is 1. The largest absolute Gasteiger partial charge is 0.349 e. The van der Waals surface area contributed by atoms with E-state index in [4.69, 9.17) is 0 Å². The molecule has 2 rings (SSSR count). The Labute approximate surface area is 80.8 Å². The highest BCUT2D eigenvalue weighted by Gasteiger charge is 2.19. The zero-order valence-electron chi connectivity index (χ0n) is 8.88. The summed E-state index contributed by atoms with van der Waals surface area (Å²) in [6, 6.07) is 2.93. The first-order chi connectivity index (χ1) is 6.18. The summed E-state index contributed by atoms with van der Waals surface area (Å²) in [6.45, 7) is 6.89. The molecule has 0 bridgehead atoms. The molecule has 0 spiro atoms. The van der Waals surface area contributed by atoms with Crippen LogP contribution in [0.3, 0.4) is 0 Å². The molecule has 1 unspecified atom stereocenters. The molecule has 0 N–H and O–H groups in total. The van der Waals surface area contributed by atoms with E-state index >= 15 is 0 Å². The van der Waals surface area contributed by atoms with Crippen LogP contribution in [0.25, 0.3) is 0 Å². The third kappa shape index (κ3) is 1.52. The maximum atomic E-state index is 2.44. The second kappa shape index (κ2) is 3.21. The molecule has 1 aromatic rings. The average molecular weight is 177 g/mol. The predicted molar refractivity (Wildman–Crippen MR) is 56.0 cm³/mol. The molecule has 13 heavy (non-hydrogen) atoms. The minimum Gasteiger partial charge on any atom is -0.349 e. The second-order valence-corrected chi connectivity index (χ2v) is 4.64. The molecule has 1 aliphatic rings. The van der Waals surface area contributed by atoms with Gasteiger partial charge in [0.1, 0.15) is 0 Å².